The summed E-state index contributed by atoms with van der Waals surface area (Å²) in [6, 6.07) is -5.97. The topological polar surface area (TPSA) is 421 Å². The van der Waals surface area contributed by atoms with Crippen LogP contribution in [0.2, 0.25) is 0 Å². The number of carbonyl (C=O) groups is 9. The number of aliphatic hydroxyl groups excluding tert-OH is 2. The third-order valence-corrected chi connectivity index (χ3v) is 11.4. The normalized spacial score (nSPS) is 15.4. The molecule has 0 aliphatic heterocycles. The van der Waals surface area contributed by atoms with Gasteiger partial charge >= 0.3 is 5.97 Å². The van der Waals surface area contributed by atoms with Crippen LogP contribution < -0.4 is 59.7 Å². The predicted molar refractivity (Wildman–Crippen MR) is 266 cm³/mol. The molecule has 1 aromatic carbocycles. The fourth-order valence-corrected chi connectivity index (χ4v) is 7.03. The molecule has 0 aromatic heterocycles. The zero-order valence-corrected chi connectivity index (χ0v) is 42.8. The number of rotatable bonds is 32. The van der Waals surface area contributed by atoms with Gasteiger partial charge in [0.05, 0.1) is 19.3 Å². The fraction of sp³-hybridized carbons (Fsp3) is 0.660. The van der Waals surface area contributed by atoms with Gasteiger partial charge in [-0.1, -0.05) is 73.9 Å². The van der Waals surface area contributed by atoms with Gasteiger partial charge in [-0.05, 0) is 80.4 Å². The van der Waals surface area contributed by atoms with Crippen molar-refractivity contribution in [1.82, 2.24) is 42.5 Å². The lowest BCUT2D eigenvalue weighted by Crippen LogP contribution is -2.61. The van der Waals surface area contributed by atoms with Gasteiger partial charge in [-0.3, -0.25) is 43.3 Å². The molecule has 0 aliphatic rings. The number of phenolic OH excluding ortho intramolecular Hbond substituents is 1. The van der Waals surface area contributed by atoms with E-state index in [4.69, 9.17) is 17.2 Å². The number of carboxylic acids is 1. The fourth-order valence-electron chi connectivity index (χ4n) is 7.03. The largest absolute Gasteiger partial charge is 0.508 e. The van der Waals surface area contributed by atoms with Crippen LogP contribution in [-0.2, 0) is 49.6 Å². The molecule has 10 atom stereocenters. The third kappa shape index (κ3) is 22.6. The van der Waals surface area contributed by atoms with E-state index in [2.05, 4.69) is 47.5 Å². The van der Waals surface area contributed by atoms with E-state index in [0.717, 1.165) is 0 Å². The summed E-state index contributed by atoms with van der Waals surface area (Å²) in [4.78, 5) is 124. The van der Waals surface area contributed by atoms with Crippen LogP contribution in [0.15, 0.2) is 29.3 Å². The van der Waals surface area contributed by atoms with Crippen molar-refractivity contribution in [3.63, 3.8) is 0 Å². The van der Waals surface area contributed by atoms with Crippen molar-refractivity contribution in [2.75, 3.05) is 19.8 Å². The average Bonchev–Trinajstić information content (AvgIpc) is 3.30. The lowest BCUT2D eigenvalue weighted by molar-refractivity contribution is -0.144. The Labute approximate surface area is 420 Å². The van der Waals surface area contributed by atoms with Crippen molar-refractivity contribution in [2.45, 2.75) is 155 Å². The SMILES string of the molecule is CC[C@H](C)[C@H](NC(=O)[C@H](CC(C)C)NC(=O)[C@H](CO)NC(=O)[C@H](C)NC(=O)[C@H](CC(C)C)NC(=O)[C@@H](N)Cc1ccc(O)cc1)C(=O)N[C@@H](CCCN=C(N)N)C(=O)N[C@@H](CO)C(=O)N[C@H](C(=O)O)C(C)C. The second-order valence-corrected chi connectivity index (χ2v) is 19.0. The number of aliphatic carboxylic acids is 1. The van der Waals surface area contributed by atoms with Crippen molar-refractivity contribution >= 4 is 59.2 Å². The molecule has 1 rings (SSSR count). The summed E-state index contributed by atoms with van der Waals surface area (Å²) in [5.74, 6) is -9.79. The molecule has 0 saturated heterocycles. The highest BCUT2D eigenvalue weighted by atomic mass is 16.4. The zero-order valence-electron chi connectivity index (χ0n) is 42.8. The minimum absolute atomic E-state index is 0.0203. The molecular weight excluding hydrogens is 941 g/mol. The Kier molecular flexibility index (Phi) is 27.9. The number of nitrogens with zero attached hydrogens (tertiary/aromatic N) is 1. The monoisotopic (exact) mass is 1020 g/mol. The maximum atomic E-state index is 14.1. The van der Waals surface area contributed by atoms with Crippen molar-refractivity contribution < 1.29 is 63.6 Å². The van der Waals surface area contributed by atoms with E-state index in [0.29, 0.717) is 12.0 Å². The average molecular weight is 1020 g/mol. The molecule has 406 valence electrons. The highest BCUT2D eigenvalue weighted by Gasteiger charge is 2.36. The summed E-state index contributed by atoms with van der Waals surface area (Å²) >= 11 is 0. The first-order valence-corrected chi connectivity index (χ1v) is 24.1. The van der Waals surface area contributed by atoms with Crippen molar-refractivity contribution in [3.05, 3.63) is 29.8 Å². The van der Waals surface area contributed by atoms with Crippen LogP contribution in [0.25, 0.3) is 0 Å². The lowest BCUT2D eigenvalue weighted by atomic mass is 9.96. The number of hydrogen-bond acceptors (Lipinski definition) is 14. The van der Waals surface area contributed by atoms with E-state index in [-0.39, 0.29) is 62.2 Å². The number of aliphatic imine (C=N–C) groups is 1. The summed E-state index contributed by atoms with van der Waals surface area (Å²) in [6.07, 6.45) is 0.672. The molecule has 0 aliphatic carbocycles. The molecule has 8 amide bonds. The molecular formula is C47H80N12O13. The van der Waals surface area contributed by atoms with Gasteiger partial charge in [-0.2, -0.15) is 0 Å². The Bertz CT molecular complexity index is 2000. The van der Waals surface area contributed by atoms with E-state index >= 15 is 0 Å². The summed E-state index contributed by atoms with van der Waals surface area (Å²) in [6.45, 7) is 13.2. The number of nitrogens with two attached hydrogens (primary N) is 3. The molecule has 1 aromatic rings. The van der Waals surface area contributed by atoms with Gasteiger partial charge in [0.1, 0.15) is 54.1 Å². The number of phenols is 1. The minimum atomic E-state index is -1.62. The van der Waals surface area contributed by atoms with Crippen LogP contribution in [0.4, 0.5) is 0 Å². The standard InChI is InChI=1S/C47H80N12O13/c1-10-26(8)37(45(70)53-31(12-11-17-51-47(49)50)40(65)57-35(22-61)44(69)58-36(25(6)7)46(71)72)59-42(67)33(19-24(4)5)55-43(68)34(21-60)56-38(63)27(9)52-41(66)32(18-23(2)3)54-39(64)30(48)20-28-13-15-29(62)16-14-28/h13-16,23-27,30-37,60-62H,10-12,17-22,48H2,1-9H3,(H,52,66)(H,53,70)(H,54,64)(H,55,68)(H,56,63)(H,57,65)(H,58,69)(H,59,67)(H,71,72)(H4,49,50,51)/t26-,27-,30-,31-,32-,33-,34-,35-,36-,37-/m0/s1. The van der Waals surface area contributed by atoms with Crippen LogP contribution in [-0.4, -0.2) is 154 Å². The first kappa shape index (κ1) is 63.4. The maximum Gasteiger partial charge on any atom is 0.326 e. The molecule has 25 nitrogen and oxygen atoms in total. The first-order chi connectivity index (χ1) is 33.6. The quantitative estimate of drug-likeness (QED) is 0.0195. The minimum Gasteiger partial charge on any atom is -0.508 e. The van der Waals surface area contributed by atoms with Gasteiger partial charge in [0.25, 0.3) is 0 Å². The Morgan fingerprint density at radius 1 is 0.569 bits per heavy atom. The maximum absolute atomic E-state index is 14.1. The molecule has 0 unspecified atom stereocenters. The van der Waals surface area contributed by atoms with Crippen LogP contribution in [0.5, 0.6) is 5.75 Å². The molecule has 0 heterocycles. The number of guanidine groups is 1. The van der Waals surface area contributed by atoms with E-state index < -0.39 is 133 Å². The van der Waals surface area contributed by atoms with E-state index in [1.54, 1.807) is 53.7 Å². The number of carbonyl (C=O) groups excluding carboxylic acids is 8. The highest BCUT2D eigenvalue weighted by molar-refractivity contribution is 5.98. The number of amides is 8. The molecule has 25 heteroatoms. The second-order valence-electron chi connectivity index (χ2n) is 19.0. The number of benzene rings is 1. The summed E-state index contributed by atoms with van der Waals surface area (Å²) < 4.78 is 0. The van der Waals surface area contributed by atoms with Gasteiger partial charge in [0.15, 0.2) is 5.96 Å². The van der Waals surface area contributed by atoms with E-state index in [1.165, 1.54) is 19.1 Å². The van der Waals surface area contributed by atoms with Crippen molar-refractivity contribution in [1.29, 1.82) is 0 Å². The highest BCUT2D eigenvalue weighted by Crippen LogP contribution is 2.14. The molecule has 0 spiro atoms. The van der Waals surface area contributed by atoms with Crippen LogP contribution in [0.3, 0.4) is 0 Å². The molecule has 0 radical (unpaired) electrons. The van der Waals surface area contributed by atoms with Gasteiger partial charge in [0.2, 0.25) is 47.3 Å². The Morgan fingerprint density at radius 3 is 1.47 bits per heavy atom. The second kappa shape index (κ2) is 31.7. The van der Waals surface area contributed by atoms with Gasteiger partial charge in [0, 0.05) is 6.54 Å². The summed E-state index contributed by atoms with van der Waals surface area (Å²) in [5, 5.41) is 59.3. The molecule has 0 fully saturated rings. The molecule has 0 saturated carbocycles. The van der Waals surface area contributed by atoms with E-state index in [1.807, 2.05) is 13.8 Å². The Hall–Kier alpha value is -6.60. The lowest BCUT2D eigenvalue weighted by Gasteiger charge is -2.30. The first-order valence-electron chi connectivity index (χ1n) is 24.1. The predicted octanol–water partition coefficient (Wildman–Crippen LogP) is -2.92. The number of carboxylic acid groups (broad SMARTS) is 1. The number of hydrogen-bond donors (Lipinski definition) is 15. The zero-order chi connectivity index (χ0) is 55.0. The summed E-state index contributed by atoms with van der Waals surface area (Å²) in [7, 11) is 0. The Balaban J connectivity index is 3.24. The van der Waals surface area contributed by atoms with Crippen molar-refractivity contribution in [2.24, 2.45) is 45.9 Å². The number of aromatic hydroxyl groups is 1. The van der Waals surface area contributed by atoms with Crippen LogP contribution >= 0.6 is 0 Å². The third-order valence-electron chi connectivity index (χ3n) is 11.4. The van der Waals surface area contributed by atoms with Crippen LogP contribution in [0.1, 0.15) is 100.0 Å². The van der Waals surface area contributed by atoms with Gasteiger partial charge in [-0.25, -0.2) is 4.79 Å². The molecule has 18 N–H and O–H groups in total. The van der Waals surface area contributed by atoms with E-state index in [9.17, 15) is 63.6 Å². The van der Waals surface area contributed by atoms with Gasteiger partial charge < -0.3 is 80.2 Å². The summed E-state index contributed by atoms with van der Waals surface area (Å²) in [5.41, 5.74) is 17.7. The Morgan fingerprint density at radius 2 is 1.00 bits per heavy atom. The molecule has 72 heavy (non-hydrogen) atoms. The number of aliphatic hydroxyl groups is 2. The van der Waals surface area contributed by atoms with Crippen LogP contribution in [0, 0.1) is 23.7 Å². The number of nitrogens with one attached hydrogen (secondary N) is 8. The van der Waals surface area contributed by atoms with Crippen molar-refractivity contribution in [3.8, 4) is 5.75 Å². The smallest absolute Gasteiger partial charge is 0.326 e. The van der Waals surface area contributed by atoms with Gasteiger partial charge in [-0.15, -0.1) is 0 Å². The molecule has 0 bridgehead atoms.